The third-order valence-corrected chi connectivity index (χ3v) is 4.95. The summed E-state index contributed by atoms with van der Waals surface area (Å²) < 4.78 is 5.73. The van der Waals surface area contributed by atoms with Crippen LogP contribution in [0.25, 0.3) is 0 Å². The van der Waals surface area contributed by atoms with E-state index in [0.717, 1.165) is 13.1 Å². The molecule has 17 heavy (non-hydrogen) atoms. The lowest BCUT2D eigenvalue weighted by atomic mass is 9.89. The number of hydrogen-bond acceptors (Lipinski definition) is 3. The van der Waals surface area contributed by atoms with E-state index in [9.17, 15) is 4.79 Å². The van der Waals surface area contributed by atoms with E-state index in [-0.39, 0.29) is 24.0 Å². The molecule has 4 heteroatoms. The Morgan fingerprint density at radius 2 is 1.82 bits per heavy atom. The molecule has 6 atom stereocenters. The van der Waals surface area contributed by atoms with Crippen molar-refractivity contribution < 1.29 is 9.53 Å². The fourth-order valence-corrected chi connectivity index (χ4v) is 3.61. The number of hydrogen-bond donors (Lipinski definition) is 2. The highest BCUT2D eigenvalue weighted by molar-refractivity contribution is 5.80. The van der Waals surface area contributed by atoms with Gasteiger partial charge in [0.2, 0.25) is 5.91 Å². The van der Waals surface area contributed by atoms with Gasteiger partial charge in [0.15, 0.2) is 0 Å². The summed E-state index contributed by atoms with van der Waals surface area (Å²) in [5.74, 6) is 1.92. The molecule has 6 unspecified atom stereocenters. The van der Waals surface area contributed by atoms with E-state index in [2.05, 4.69) is 24.5 Å². The molecule has 0 aromatic carbocycles. The smallest absolute Gasteiger partial charge is 0.226 e. The largest absolute Gasteiger partial charge is 0.374 e. The number of nitrogens with one attached hydrogen (secondary N) is 2. The van der Waals surface area contributed by atoms with E-state index < -0.39 is 0 Å². The number of amides is 1. The molecule has 2 saturated heterocycles. The van der Waals surface area contributed by atoms with Gasteiger partial charge in [0.1, 0.15) is 0 Å². The van der Waals surface area contributed by atoms with Crippen LogP contribution in [0.15, 0.2) is 0 Å². The average molecular weight is 238 g/mol. The van der Waals surface area contributed by atoms with Crippen molar-refractivity contribution in [2.75, 3.05) is 13.1 Å². The zero-order valence-electron chi connectivity index (χ0n) is 10.8. The lowest BCUT2D eigenvalue weighted by Crippen LogP contribution is -2.41. The van der Waals surface area contributed by atoms with Gasteiger partial charge in [-0.25, -0.2) is 0 Å². The molecule has 2 heterocycles. The van der Waals surface area contributed by atoms with Gasteiger partial charge in [-0.2, -0.15) is 0 Å². The first kappa shape index (κ1) is 11.5. The number of rotatable bonds is 2. The first-order valence-electron chi connectivity index (χ1n) is 6.76. The highest BCUT2D eigenvalue weighted by Crippen LogP contribution is 2.42. The first-order valence-corrected chi connectivity index (χ1v) is 6.76. The second kappa shape index (κ2) is 3.95. The molecule has 0 radical (unpaired) electrons. The molecule has 3 aliphatic rings. The van der Waals surface area contributed by atoms with E-state index in [1.54, 1.807) is 0 Å². The van der Waals surface area contributed by atoms with E-state index in [1.807, 2.05) is 6.92 Å². The fraction of sp³-hybridized carbons (Fsp3) is 0.923. The zero-order valence-corrected chi connectivity index (χ0v) is 10.8. The Balaban J connectivity index is 1.59. The van der Waals surface area contributed by atoms with Crippen LogP contribution in [0.2, 0.25) is 0 Å². The zero-order chi connectivity index (χ0) is 12.2. The van der Waals surface area contributed by atoms with Crippen molar-refractivity contribution in [1.29, 1.82) is 0 Å². The lowest BCUT2D eigenvalue weighted by molar-refractivity contribution is -0.127. The maximum absolute atomic E-state index is 12.3. The summed E-state index contributed by atoms with van der Waals surface area (Å²) in [5, 5.41) is 6.56. The van der Waals surface area contributed by atoms with E-state index in [4.69, 9.17) is 4.74 Å². The third kappa shape index (κ3) is 1.78. The monoisotopic (exact) mass is 238 g/mol. The number of carbonyl (C=O) groups is 1. The second-order valence-corrected chi connectivity index (χ2v) is 5.95. The minimum absolute atomic E-state index is 0.0271. The van der Waals surface area contributed by atoms with Crippen LogP contribution in [0.5, 0.6) is 0 Å². The SMILES string of the molecule is CC1OC(C)C(C(=O)NC2C3CNCC32)C1C. The van der Waals surface area contributed by atoms with Gasteiger partial charge in [0, 0.05) is 19.1 Å². The summed E-state index contributed by atoms with van der Waals surface area (Å²) in [6, 6.07) is 0.430. The fourth-order valence-electron chi connectivity index (χ4n) is 3.61. The molecular weight excluding hydrogens is 216 g/mol. The normalized spacial score (nSPS) is 52.3. The minimum atomic E-state index is 0.0271. The van der Waals surface area contributed by atoms with Crippen LogP contribution < -0.4 is 10.6 Å². The minimum Gasteiger partial charge on any atom is -0.374 e. The van der Waals surface area contributed by atoms with Gasteiger partial charge in [0.25, 0.3) is 0 Å². The summed E-state index contributed by atoms with van der Waals surface area (Å²) in [6.07, 6.45) is 0.248. The standard InChI is InChI=1S/C13H22N2O2/c1-6-7(2)17-8(3)11(6)13(16)15-12-9-4-14-5-10(9)12/h6-12,14H,4-5H2,1-3H3,(H,15,16). The Labute approximate surface area is 102 Å². The number of ether oxygens (including phenoxy) is 1. The molecule has 2 N–H and O–H groups in total. The number of carbonyl (C=O) groups excluding carboxylic acids is 1. The molecule has 0 aromatic heterocycles. The first-order chi connectivity index (χ1) is 8.09. The molecule has 96 valence electrons. The van der Waals surface area contributed by atoms with Crippen molar-refractivity contribution in [2.45, 2.75) is 39.0 Å². The molecule has 1 aliphatic carbocycles. The van der Waals surface area contributed by atoms with Gasteiger partial charge < -0.3 is 15.4 Å². The average Bonchev–Trinajstić information content (AvgIpc) is 2.63. The van der Waals surface area contributed by atoms with Crippen LogP contribution in [-0.4, -0.2) is 37.2 Å². The van der Waals surface area contributed by atoms with E-state index in [1.165, 1.54) is 0 Å². The molecular formula is C13H22N2O2. The highest BCUT2D eigenvalue weighted by Gasteiger charge is 2.54. The molecule has 0 bridgehead atoms. The summed E-state index contributed by atoms with van der Waals surface area (Å²) in [4.78, 5) is 12.3. The van der Waals surface area contributed by atoms with Gasteiger partial charge in [-0.1, -0.05) is 6.92 Å². The quantitative estimate of drug-likeness (QED) is 0.731. The Hall–Kier alpha value is -0.610. The van der Waals surface area contributed by atoms with Crippen LogP contribution in [0.4, 0.5) is 0 Å². The van der Waals surface area contributed by atoms with Crippen molar-refractivity contribution in [3.8, 4) is 0 Å². The van der Waals surface area contributed by atoms with Gasteiger partial charge >= 0.3 is 0 Å². The highest BCUT2D eigenvalue weighted by atomic mass is 16.5. The maximum atomic E-state index is 12.3. The van der Waals surface area contributed by atoms with Crippen molar-refractivity contribution in [1.82, 2.24) is 10.6 Å². The predicted octanol–water partition coefficient (Wildman–Crippen LogP) is 0.380. The van der Waals surface area contributed by atoms with E-state index in [0.29, 0.717) is 23.8 Å². The Morgan fingerprint density at radius 1 is 1.18 bits per heavy atom. The molecule has 3 fully saturated rings. The van der Waals surface area contributed by atoms with Gasteiger partial charge in [-0.15, -0.1) is 0 Å². The molecule has 4 nitrogen and oxygen atoms in total. The van der Waals surface area contributed by atoms with Crippen molar-refractivity contribution >= 4 is 5.91 Å². The lowest BCUT2D eigenvalue weighted by Gasteiger charge is -2.18. The van der Waals surface area contributed by atoms with Crippen molar-refractivity contribution in [3.63, 3.8) is 0 Å². The second-order valence-electron chi connectivity index (χ2n) is 5.95. The van der Waals surface area contributed by atoms with Crippen molar-refractivity contribution in [3.05, 3.63) is 0 Å². The van der Waals surface area contributed by atoms with Crippen molar-refractivity contribution in [2.24, 2.45) is 23.7 Å². The summed E-state index contributed by atoms with van der Waals surface area (Å²) in [7, 11) is 0. The van der Waals surface area contributed by atoms with E-state index >= 15 is 0 Å². The van der Waals surface area contributed by atoms with Crippen LogP contribution in [0, 0.1) is 23.7 Å². The molecule has 1 amide bonds. The topological polar surface area (TPSA) is 50.4 Å². The Kier molecular flexibility index (Phi) is 2.67. The van der Waals surface area contributed by atoms with Crippen LogP contribution in [0.3, 0.4) is 0 Å². The summed E-state index contributed by atoms with van der Waals surface area (Å²) >= 11 is 0. The Morgan fingerprint density at radius 3 is 2.35 bits per heavy atom. The number of fused-ring (bicyclic) bond motifs is 1. The summed E-state index contributed by atoms with van der Waals surface area (Å²) in [6.45, 7) is 8.33. The maximum Gasteiger partial charge on any atom is 0.226 e. The van der Waals surface area contributed by atoms with Gasteiger partial charge in [-0.05, 0) is 31.6 Å². The molecule has 2 aliphatic heterocycles. The molecule has 3 rings (SSSR count). The van der Waals surface area contributed by atoms with Gasteiger partial charge in [0.05, 0.1) is 18.1 Å². The Bertz CT molecular complexity index is 323. The van der Waals surface area contributed by atoms with Crippen LogP contribution in [-0.2, 0) is 9.53 Å². The molecule has 0 aromatic rings. The summed E-state index contributed by atoms with van der Waals surface area (Å²) in [5.41, 5.74) is 0. The van der Waals surface area contributed by atoms with Gasteiger partial charge in [-0.3, -0.25) is 4.79 Å². The third-order valence-electron chi connectivity index (χ3n) is 4.95. The molecule has 0 spiro atoms. The van der Waals surface area contributed by atoms with Crippen LogP contribution >= 0.6 is 0 Å². The molecule has 1 saturated carbocycles. The predicted molar refractivity (Wildman–Crippen MR) is 64.4 cm³/mol. The number of piperidine rings is 1. The van der Waals surface area contributed by atoms with Crippen LogP contribution in [0.1, 0.15) is 20.8 Å².